The fourth-order valence-corrected chi connectivity index (χ4v) is 2.61. The largest absolute Gasteiger partial charge is 0.324 e. The molecule has 1 aromatic carbocycles. The van der Waals surface area contributed by atoms with E-state index >= 15 is 0 Å². The summed E-state index contributed by atoms with van der Waals surface area (Å²) in [5.41, 5.74) is 1.72. The van der Waals surface area contributed by atoms with Crippen LogP contribution in [-0.4, -0.2) is 15.7 Å². The lowest BCUT2D eigenvalue weighted by Crippen LogP contribution is -2.21. The van der Waals surface area contributed by atoms with Gasteiger partial charge in [0.25, 0.3) is 0 Å². The number of aromatic nitrogens is 2. The Hall–Kier alpha value is -2.10. The fourth-order valence-electron chi connectivity index (χ4n) is 2.61. The van der Waals surface area contributed by atoms with Crippen molar-refractivity contribution >= 4 is 11.6 Å². The minimum Gasteiger partial charge on any atom is -0.324 e. The molecule has 1 N–H and O–H groups in total. The molecule has 0 radical (unpaired) electrons. The number of hydrogen-bond acceptors (Lipinski definition) is 2. The van der Waals surface area contributed by atoms with E-state index in [-0.39, 0.29) is 11.8 Å². The Labute approximate surface area is 112 Å². The van der Waals surface area contributed by atoms with Crippen LogP contribution in [0.15, 0.2) is 42.7 Å². The molecule has 4 nitrogen and oxygen atoms in total. The van der Waals surface area contributed by atoms with Gasteiger partial charge in [0.05, 0.1) is 11.4 Å². The number of hydrogen-bond donors (Lipinski definition) is 1. The Morgan fingerprint density at radius 3 is 2.74 bits per heavy atom. The van der Waals surface area contributed by atoms with Gasteiger partial charge in [-0.2, -0.15) is 5.10 Å². The number of benzene rings is 1. The van der Waals surface area contributed by atoms with E-state index in [0.29, 0.717) is 0 Å². The molecule has 2 aromatic rings. The van der Waals surface area contributed by atoms with Crippen LogP contribution in [-0.2, 0) is 4.79 Å². The summed E-state index contributed by atoms with van der Waals surface area (Å²) in [6.45, 7) is 0. The number of para-hydroxylation sites is 2. The van der Waals surface area contributed by atoms with E-state index in [1.54, 1.807) is 10.9 Å². The van der Waals surface area contributed by atoms with Gasteiger partial charge in [0.2, 0.25) is 5.91 Å². The summed E-state index contributed by atoms with van der Waals surface area (Å²) in [5, 5.41) is 7.26. The normalized spacial score (nSPS) is 15.6. The summed E-state index contributed by atoms with van der Waals surface area (Å²) in [7, 11) is 0. The number of carbonyl (C=O) groups is 1. The standard InChI is InChI=1S/C15H17N3O/c19-15(12-6-1-2-7-12)17-13-8-3-4-9-14(13)18-11-5-10-16-18/h3-5,8-12H,1-2,6-7H2,(H,17,19). The van der Waals surface area contributed by atoms with E-state index in [4.69, 9.17) is 0 Å². The number of rotatable bonds is 3. The minimum atomic E-state index is 0.136. The smallest absolute Gasteiger partial charge is 0.227 e. The first-order valence-electron chi connectivity index (χ1n) is 6.74. The molecule has 0 atom stereocenters. The van der Waals surface area contributed by atoms with E-state index in [9.17, 15) is 4.79 Å². The van der Waals surface area contributed by atoms with Gasteiger partial charge >= 0.3 is 0 Å². The maximum absolute atomic E-state index is 12.2. The van der Waals surface area contributed by atoms with E-state index < -0.39 is 0 Å². The number of anilines is 1. The average molecular weight is 255 g/mol. The molecule has 0 saturated heterocycles. The van der Waals surface area contributed by atoms with Crippen molar-refractivity contribution in [1.29, 1.82) is 0 Å². The highest BCUT2D eigenvalue weighted by molar-refractivity contribution is 5.94. The van der Waals surface area contributed by atoms with Crippen LogP contribution in [0.5, 0.6) is 0 Å². The first-order chi connectivity index (χ1) is 9.34. The van der Waals surface area contributed by atoms with Crippen molar-refractivity contribution in [3.63, 3.8) is 0 Å². The zero-order valence-electron chi connectivity index (χ0n) is 10.7. The minimum absolute atomic E-state index is 0.136. The van der Waals surface area contributed by atoms with E-state index in [1.807, 2.05) is 36.5 Å². The predicted molar refractivity (Wildman–Crippen MR) is 74.2 cm³/mol. The first-order valence-corrected chi connectivity index (χ1v) is 6.74. The van der Waals surface area contributed by atoms with Crippen molar-refractivity contribution < 1.29 is 4.79 Å². The number of nitrogens with zero attached hydrogens (tertiary/aromatic N) is 2. The molecule has 1 fully saturated rings. The second-order valence-electron chi connectivity index (χ2n) is 4.94. The molecule has 1 amide bonds. The van der Waals surface area contributed by atoms with Crippen molar-refractivity contribution in [1.82, 2.24) is 9.78 Å². The van der Waals surface area contributed by atoms with E-state index in [2.05, 4.69) is 10.4 Å². The van der Waals surface area contributed by atoms with Crippen molar-refractivity contribution in [3.8, 4) is 5.69 Å². The molecule has 1 saturated carbocycles. The molecule has 0 unspecified atom stereocenters. The average Bonchev–Trinajstić information content (AvgIpc) is 3.13. The summed E-state index contributed by atoms with van der Waals surface area (Å²) >= 11 is 0. The Morgan fingerprint density at radius 2 is 2.00 bits per heavy atom. The third-order valence-electron chi connectivity index (χ3n) is 3.64. The van der Waals surface area contributed by atoms with Gasteiger partial charge in [-0.25, -0.2) is 4.68 Å². The molecule has 19 heavy (non-hydrogen) atoms. The zero-order valence-corrected chi connectivity index (χ0v) is 10.7. The summed E-state index contributed by atoms with van der Waals surface area (Å²) in [6, 6.07) is 9.62. The molecule has 4 heteroatoms. The molecule has 1 aliphatic carbocycles. The van der Waals surface area contributed by atoms with E-state index in [1.165, 1.54) is 12.8 Å². The first kappa shape index (κ1) is 12.0. The quantitative estimate of drug-likeness (QED) is 0.916. The van der Waals surface area contributed by atoms with Crippen molar-refractivity contribution in [3.05, 3.63) is 42.7 Å². The lowest BCUT2D eigenvalue weighted by molar-refractivity contribution is -0.119. The van der Waals surface area contributed by atoms with Crippen molar-refractivity contribution in [2.75, 3.05) is 5.32 Å². The lowest BCUT2D eigenvalue weighted by atomic mass is 10.1. The Kier molecular flexibility index (Phi) is 3.31. The van der Waals surface area contributed by atoms with Crippen LogP contribution >= 0.6 is 0 Å². The highest BCUT2D eigenvalue weighted by atomic mass is 16.1. The SMILES string of the molecule is O=C(Nc1ccccc1-n1cccn1)C1CCCC1. The van der Waals surface area contributed by atoms with Crippen LogP contribution in [0.3, 0.4) is 0 Å². The number of carbonyl (C=O) groups excluding carboxylic acids is 1. The van der Waals surface area contributed by atoms with Gasteiger partial charge in [-0.3, -0.25) is 4.79 Å². The van der Waals surface area contributed by atoms with Crippen LogP contribution in [0.4, 0.5) is 5.69 Å². The van der Waals surface area contributed by atoms with Gasteiger partial charge in [-0.1, -0.05) is 25.0 Å². The highest BCUT2D eigenvalue weighted by Crippen LogP contribution is 2.27. The molecule has 0 spiro atoms. The van der Waals surface area contributed by atoms with Gasteiger partial charge in [-0.15, -0.1) is 0 Å². The van der Waals surface area contributed by atoms with Gasteiger partial charge in [0, 0.05) is 18.3 Å². The number of amides is 1. The third-order valence-corrected chi connectivity index (χ3v) is 3.64. The molecule has 0 bridgehead atoms. The molecule has 1 aromatic heterocycles. The maximum Gasteiger partial charge on any atom is 0.227 e. The Bertz CT molecular complexity index is 557. The topological polar surface area (TPSA) is 46.9 Å². The van der Waals surface area contributed by atoms with Gasteiger partial charge in [0.15, 0.2) is 0 Å². The van der Waals surface area contributed by atoms with Crippen molar-refractivity contribution in [2.24, 2.45) is 5.92 Å². The summed E-state index contributed by atoms with van der Waals surface area (Å²) < 4.78 is 1.77. The van der Waals surface area contributed by atoms with Gasteiger partial charge in [-0.05, 0) is 31.0 Å². The highest BCUT2D eigenvalue weighted by Gasteiger charge is 2.23. The second kappa shape index (κ2) is 5.26. The van der Waals surface area contributed by atoms with Crippen molar-refractivity contribution in [2.45, 2.75) is 25.7 Å². The van der Waals surface area contributed by atoms with Crippen LogP contribution in [0.25, 0.3) is 5.69 Å². The lowest BCUT2D eigenvalue weighted by Gasteiger charge is -2.13. The van der Waals surface area contributed by atoms with E-state index in [0.717, 1.165) is 24.2 Å². The van der Waals surface area contributed by atoms with Crippen LogP contribution in [0, 0.1) is 5.92 Å². The predicted octanol–water partition coefficient (Wildman–Crippen LogP) is 3.00. The van der Waals surface area contributed by atoms with Crippen LogP contribution < -0.4 is 5.32 Å². The summed E-state index contributed by atoms with van der Waals surface area (Å²) in [5.74, 6) is 0.308. The molecule has 0 aliphatic heterocycles. The Balaban J connectivity index is 1.83. The second-order valence-corrected chi connectivity index (χ2v) is 4.94. The fraction of sp³-hybridized carbons (Fsp3) is 0.333. The Morgan fingerprint density at radius 1 is 1.21 bits per heavy atom. The summed E-state index contributed by atoms with van der Waals surface area (Å²) in [4.78, 5) is 12.2. The molecule has 1 heterocycles. The zero-order chi connectivity index (χ0) is 13.1. The monoisotopic (exact) mass is 255 g/mol. The van der Waals surface area contributed by atoms with Crippen LogP contribution in [0.1, 0.15) is 25.7 Å². The molecule has 3 rings (SSSR count). The van der Waals surface area contributed by atoms with Gasteiger partial charge < -0.3 is 5.32 Å². The van der Waals surface area contributed by atoms with Crippen LogP contribution in [0.2, 0.25) is 0 Å². The summed E-state index contributed by atoms with van der Waals surface area (Å²) in [6.07, 6.45) is 7.96. The molecular formula is C15H17N3O. The molecule has 1 aliphatic rings. The third kappa shape index (κ3) is 2.52. The molecular weight excluding hydrogens is 238 g/mol. The molecule has 98 valence electrons. The van der Waals surface area contributed by atoms with Gasteiger partial charge in [0.1, 0.15) is 0 Å². The number of nitrogens with one attached hydrogen (secondary N) is 1. The maximum atomic E-state index is 12.2.